The highest BCUT2D eigenvalue weighted by Gasteiger charge is 2.30. The van der Waals surface area contributed by atoms with E-state index in [2.05, 4.69) is 9.71 Å². The predicted molar refractivity (Wildman–Crippen MR) is 97.4 cm³/mol. The summed E-state index contributed by atoms with van der Waals surface area (Å²) in [5, 5.41) is 0. The molecule has 1 aromatic heterocycles. The second kappa shape index (κ2) is 7.61. The molecule has 1 heterocycles. The van der Waals surface area contributed by atoms with Gasteiger partial charge in [-0.2, -0.15) is 13.2 Å². The van der Waals surface area contributed by atoms with Crippen LogP contribution in [0.15, 0.2) is 71.8 Å². The minimum Gasteiger partial charge on any atom is -0.438 e. The van der Waals surface area contributed by atoms with Crippen LogP contribution in [0.5, 0.6) is 11.6 Å². The number of hydrogen-bond donors (Lipinski definition) is 1. The van der Waals surface area contributed by atoms with Crippen molar-refractivity contribution in [1.82, 2.24) is 9.71 Å². The Kier molecular flexibility index (Phi) is 5.39. The van der Waals surface area contributed by atoms with Crippen molar-refractivity contribution in [2.24, 2.45) is 0 Å². The summed E-state index contributed by atoms with van der Waals surface area (Å²) in [5.74, 6) is 0.383. The van der Waals surface area contributed by atoms with Crippen LogP contribution in [-0.4, -0.2) is 20.4 Å². The van der Waals surface area contributed by atoms with Gasteiger partial charge in [-0.05, 0) is 61.1 Å². The van der Waals surface area contributed by atoms with E-state index in [1.54, 1.807) is 24.3 Å². The molecule has 9 heteroatoms. The van der Waals surface area contributed by atoms with Crippen molar-refractivity contribution in [1.29, 1.82) is 0 Å². The van der Waals surface area contributed by atoms with Crippen LogP contribution in [0, 0.1) is 0 Å². The van der Waals surface area contributed by atoms with Crippen molar-refractivity contribution in [2.75, 3.05) is 7.05 Å². The minimum atomic E-state index is -4.43. The fourth-order valence-corrected chi connectivity index (χ4v) is 3.18. The predicted octanol–water partition coefficient (Wildman–Crippen LogP) is 4.47. The Hall–Kier alpha value is -2.91. The lowest BCUT2D eigenvalue weighted by Crippen LogP contribution is -2.18. The van der Waals surface area contributed by atoms with E-state index in [9.17, 15) is 21.6 Å². The molecular weight excluding hydrogens is 393 g/mol. The molecule has 0 atom stereocenters. The largest absolute Gasteiger partial charge is 0.438 e. The number of nitrogens with one attached hydrogen (secondary N) is 1. The van der Waals surface area contributed by atoms with Crippen LogP contribution >= 0.6 is 0 Å². The number of hydrogen-bond acceptors (Lipinski definition) is 4. The molecule has 0 fully saturated rings. The van der Waals surface area contributed by atoms with Crippen molar-refractivity contribution in [2.45, 2.75) is 11.1 Å². The Morgan fingerprint density at radius 1 is 0.964 bits per heavy atom. The zero-order valence-corrected chi connectivity index (χ0v) is 15.4. The van der Waals surface area contributed by atoms with Crippen LogP contribution in [0.3, 0.4) is 0 Å². The van der Waals surface area contributed by atoms with Crippen molar-refractivity contribution in [3.63, 3.8) is 0 Å². The van der Waals surface area contributed by atoms with Gasteiger partial charge < -0.3 is 4.74 Å². The first-order valence-electron chi connectivity index (χ1n) is 8.05. The van der Waals surface area contributed by atoms with Gasteiger partial charge in [0.1, 0.15) is 5.75 Å². The number of ether oxygens (including phenoxy) is 1. The topological polar surface area (TPSA) is 68.3 Å². The van der Waals surface area contributed by atoms with Crippen LogP contribution in [-0.2, 0) is 16.2 Å². The van der Waals surface area contributed by atoms with Gasteiger partial charge in [0.2, 0.25) is 15.9 Å². The first kappa shape index (κ1) is 19.8. The highest BCUT2D eigenvalue weighted by atomic mass is 32.2. The Bertz CT molecular complexity index is 1060. The van der Waals surface area contributed by atoms with Gasteiger partial charge in [0.15, 0.2) is 0 Å². The summed E-state index contributed by atoms with van der Waals surface area (Å²) >= 11 is 0. The third-order valence-corrected chi connectivity index (χ3v) is 5.34. The zero-order valence-electron chi connectivity index (χ0n) is 14.6. The van der Waals surface area contributed by atoms with E-state index < -0.39 is 21.8 Å². The second-order valence-corrected chi connectivity index (χ2v) is 7.60. The van der Waals surface area contributed by atoms with Crippen molar-refractivity contribution in [3.05, 3.63) is 72.4 Å². The van der Waals surface area contributed by atoms with Gasteiger partial charge in [0.25, 0.3) is 0 Å². The molecule has 0 bridgehead atoms. The summed E-state index contributed by atoms with van der Waals surface area (Å²) in [7, 11) is -2.24. The maximum atomic E-state index is 12.7. The lowest BCUT2D eigenvalue weighted by molar-refractivity contribution is -0.137. The van der Waals surface area contributed by atoms with Crippen LogP contribution in [0.1, 0.15) is 5.56 Å². The van der Waals surface area contributed by atoms with Gasteiger partial charge >= 0.3 is 6.18 Å². The Morgan fingerprint density at radius 2 is 1.61 bits per heavy atom. The van der Waals surface area contributed by atoms with Crippen LogP contribution < -0.4 is 9.46 Å². The molecular formula is C19H15F3N2O3S. The van der Waals surface area contributed by atoms with E-state index in [0.717, 1.165) is 12.1 Å². The number of sulfonamides is 1. The minimum absolute atomic E-state index is 0.104. The molecule has 3 aromatic rings. The monoisotopic (exact) mass is 408 g/mol. The Morgan fingerprint density at radius 3 is 2.18 bits per heavy atom. The van der Waals surface area contributed by atoms with E-state index in [1.165, 1.54) is 37.5 Å². The first-order chi connectivity index (χ1) is 13.2. The fraction of sp³-hybridized carbons (Fsp3) is 0.105. The Labute approximate surface area is 159 Å². The standard InChI is InChI=1S/C19H15F3N2O3S/c1-23-28(25,26)16-10-4-13(5-11-16)17-3-2-12-24-18(17)27-15-8-6-14(7-9-15)19(20,21)22/h2-12,23H,1H3. The number of pyridine rings is 1. The van der Waals surface area contributed by atoms with Crippen molar-refractivity contribution >= 4 is 10.0 Å². The molecule has 0 aliphatic carbocycles. The van der Waals surface area contributed by atoms with Gasteiger partial charge in [-0.15, -0.1) is 0 Å². The quantitative estimate of drug-likeness (QED) is 0.677. The van der Waals surface area contributed by atoms with Crippen LogP contribution in [0.2, 0.25) is 0 Å². The van der Waals surface area contributed by atoms with Crippen LogP contribution in [0.25, 0.3) is 11.1 Å². The molecule has 0 unspecified atom stereocenters. The molecule has 1 N–H and O–H groups in total. The van der Waals surface area contributed by atoms with Gasteiger partial charge in [-0.3, -0.25) is 0 Å². The highest BCUT2D eigenvalue weighted by Crippen LogP contribution is 2.34. The third-order valence-electron chi connectivity index (χ3n) is 3.91. The molecule has 0 aliphatic rings. The lowest BCUT2D eigenvalue weighted by atomic mass is 10.1. The zero-order chi connectivity index (χ0) is 20.4. The number of halogens is 3. The van der Waals surface area contributed by atoms with Gasteiger partial charge in [-0.25, -0.2) is 18.1 Å². The number of benzene rings is 2. The maximum Gasteiger partial charge on any atom is 0.416 e. The van der Waals surface area contributed by atoms with Crippen molar-refractivity contribution < 1.29 is 26.3 Å². The number of alkyl halides is 3. The second-order valence-electron chi connectivity index (χ2n) is 5.71. The van der Waals surface area contributed by atoms with E-state index in [0.29, 0.717) is 11.1 Å². The molecule has 5 nitrogen and oxygen atoms in total. The molecule has 0 radical (unpaired) electrons. The van der Waals surface area contributed by atoms with E-state index in [1.807, 2.05) is 0 Å². The summed E-state index contributed by atoms with van der Waals surface area (Å²) in [6.45, 7) is 0. The first-order valence-corrected chi connectivity index (χ1v) is 9.53. The third kappa shape index (κ3) is 4.32. The molecule has 0 spiro atoms. The molecule has 146 valence electrons. The smallest absolute Gasteiger partial charge is 0.416 e. The number of nitrogens with zero attached hydrogens (tertiary/aromatic N) is 1. The molecule has 3 rings (SSSR count). The fourth-order valence-electron chi connectivity index (χ4n) is 2.45. The molecule has 0 saturated carbocycles. The number of aromatic nitrogens is 1. The summed E-state index contributed by atoms with van der Waals surface area (Å²) in [4.78, 5) is 4.24. The number of rotatable bonds is 5. The summed E-state index contributed by atoms with van der Waals surface area (Å²) in [6.07, 6.45) is -2.94. The maximum absolute atomic E-state index is 12.7. The van der Waals surface area contributed by atoms with E-state index in [4.69, 9.17) is 4.74 Å². The van der Waals surface area contributed by atoms with Crippen molar-refractivity contribution in [3.8, 4) is 22.8 Å². The SMILES string of the molecule is CNS(=O)(=O)c1ccc(-c2cccnc2Oc2ccc(C(F)(F)F)cc2)cc1. The van der Waals surface area contributed by atoms with E-state index in [-0.39, 0.29) is 16.5 Å². The van der Waals surface area contributed by atoms with Crippen LogP contribution in [0.4, 0.5) is 13.2 Å². The Balaban J connectivity index is 1.90. The van der Waals surface area contributed by atoms with E-state index >= 15 is 0 Å². The summed E-state index contributed by atoms with van der Waals surface area (Å²) in [5.41, 5.74) is 0.434. The molecule has 0 amide bonds. The normalized spacial score (nSPS) is 12.0. The lowest BCUT2D eigenvalue weighted by Gasteiger charge is -2.12. The average molecular weight is 408 g/mol. The molecule has 0 aliphatic heterocycles. The van der Waals surface area contributed by atoms with Gasteiger partial charge in [0, 0.05) is 11.8 Å². The van der Waals surface area contributed by atoms with Gasteiger partial charge in [-0.1, -0.05) is 12.1 Å². The summed E-state index contributed by atoms with van der Waals surface area (Å²) in [6, 6.07) is 13.7. The summed E-state index contributed by atoms with van der Waals surface area (Å²) < 4.78 is 69.5. The highest BCUT2D eigenvalue weighted by molar-refractivity contribution is 7.89. The average Bonchev–Trinajstić information content (AvgIpc) is 2.68. The molecule has 0 saturated heterocycles. The van der Waals surface area contributed by atoms with Gasteiger partial charge in [0.05, 0.1) is 10.5 Å². The molecule has 2 aromatic carbocycles. The molecule has 28 heavy (non-hydrogen) atoms.